The number of rotatable bonds is 5. The van der Waals surface area contributed by atoms with Crippen LogP contribution in [0, 0.1) is 5.92 Å². The lowest BCUT2D eigenvalue weighted by Crippen LogP contribution is -2.45. The summed E-state index contributed by atoms with van der Waals surface area (Å²) in [5.41, 5.74) is 1.19. The van der Waals surface area contributed by atoms with Crippen LogP contribution in [0.3, 0.4) is 0 Å². The minimum absolute atomic E-state index is 0.177. The molecule has 0 radical (unpaired) electrons. The molecule has 25 heavy (non-hydrogen) atoms. The first-order valence-corrected chi connectivity index (χ1v) is 9.42. The van der Waals surface area contributed by atoms with Gasteiger partial charge in [-0.15, -0.1) is 0 Å². The molecule has 3 unspecified atom stereocenters. The number of carbonyl (C=O) groups excluding carboxylic acids is 1. The van der Waals surface area contributed by atoms with Crippen LogP contribution >= 0.6 is 0 Å². The number of methoxy groups -OCH3 is 1. The number of ether oxygens (including phenoxy) is 1. The quantitative estimate of drug-likeness (QED) is 0.890. The van der Waals surface area contributed by atoms with Gasteiger partial charge < -0.3 is 14.7 Å². The Hall–Kier alpha value is -1.59. The van der Waals surface area contributed by atoms with Crippen LogP contribution in [0.5, 0.6) is 5.75 Å². The minimum atomic E-state index is -0.295. The van der Waals surface area contributed by atoms with Crippen LogP contribution in [0.15, 0.2) is 24.3 Å². The van der Waals surface area contributed by atoms with Gasteiger partial charge in [0.2, 0.25) is 5.91 Å². The molecule has 2 aliphatic heterocycles. The number of likely N-dealkylation sites (tertiary alicyclic amines) is 2. The summed E-state index contributed by atoms with van der Waals surface area (Å²) in [7, 11) is 1.67. The maximum absolute atomic E-state index is 12.9. The van der Waals surface area contributed by atoms with Gasteiger partial charge in [-0.05, 0) is 62.8 Å². The van der Waals surface area contributed by atoms with Crippen molar-refractivity contribution >= 4 is 5.91 Å². The van der Waals surface area contributed by atoms with Gasteiger partial charge in [0.25, 0.3) is 0 Å². The van der Waals surface area contributed by atoms with E-state index in [1.54, 1.807) is 7.11 Å². The lowest BCUT2D eigenvalue weighted by atomic mass is 9.93. The average molecular weight is 346 g/mol. The molecule has 2 heterocycles. The lowest BCUT2D eigenvalue weighted by molar-refractivity contribution is -0.134. The normalized spacial score (nSPS) is 25.8. The number of aliphatic hydroxyl groups is 1. The van der Waals surface area contributed by atoms with Gasteiger partial charge in [0.1, 0.15) is 5.75 Å². The number of nitrogens with zero attached hydrogens (tertiary/aromatic N) is 2. The third kappa shape index (κ3) is 4.33. The fourth-order valence-electron chi connectivity index (χ4n) is 4.15. The van der Waals surface area contributed by atoms with E-state index in [-0.39, 0.29) is 24.0 Å². The number of piperidine rings is 1. The fourth-order valence-corrected chi connectivity index (χ4v) is 4.15. The summed E-state index contributed by atoms with van der Waals surface area (Å²) in [6.07, 6.45) is 3.90. The smallest absolute Gasteiger partial charge is 0.237 e. The number of benzene rings is 1. The number of carbonyl (C=O) groups is 1. The molecule has 3 atom stereocenters. The minimum Gasteiger partial charge on any atom is -0.497 e. The Morgan fingerprint density at radius 3 is 2.64 bits per heavy atom. The van der Waals surface area contributed by atoms with Crippen molar-refractivity contribution in [3.05, 3.63) is 29.8 Å². The van der Waals surface area contributed by atoms with Crippen LogP contribution in [0.1, 0.15) is 44.2 Å². The van der Waals surface area contributed by atoms with Crippen LogP contribution < -0.4 is 4.74 Å². The Labute approximate surface area is 150 Å². The van der Waals surface area contributed by atoms with Gasteiger partial charge in [0.15, 0.2) is 0 Å². The maximum atomic E-state index is 12.9. The summed E-state index contributed by atoms with van der Waals surface area (Å²) >= 11 is 0. The number of aliphatic hydroxyl groups excluding tert-OH is 1. The highest BCUT2D eigenvalue weighted by molar-refractivity contribution is 5.79. The molecule has 2 saturated heterocycles. The lowest BCUT2D eigenvalue weighted by Gasteiger charge is -2.35. The van der Waals surface area contributed by atoms with Crippen molar-refractivity contribution in [3.8, 4) is 5.75 Å². The van der Waals surface area contributed by atoms with Crippen LogP contribution in [0.2, 0.25) is 0 Å². The summed E-state index contributed by atoms with van der Waals surface area (Å²) in [6.45, 7) is 4.94. The van der Waals surface area contributed by atoms with Crippen LogP contribution in [0.25, 0.3) is 0 Å². The zero-order valence-electron chi connectivity index (χ0n) is 15.4. The average Bonchev–Trinajstić information content (AvgIpc) is 3.12. The largest absolute Gasteiger partial charge is 0.497 e. The standard InChI is InChI=1S/C20H30N2O3/c1-15(23)17-5-3-11-21(13-17)14-20(24)22-12-4-6-19(22)16-7-9-18(25-2)10-8-16/h7-10,15,17,19,23H,3-6,11-14H2,1-2H3. The molecule has 2 aliphatic rings. The summed E-state index contributed by atoms with van der Waals surface area (Å²) in [5, 5.41) is 9.84. The summed E-state index contributed by atoms with van der Waals surface area (Å²) < 4.78 is 5.23. The van der Waals surface area contributed by atoms with E-state index in [1.807, 2.05) is 24.0 Å². The summed E-state index contributed by atoms with van der Waals surface area (Å²) in [5.74, 6) is 1.35. The maximum Gasteiger partial charge on any atom is 0.237 e. The Kier molecular flexibility index (Phi) is 5.97. The molecule has 0 bridgehead atoms. The second-order valence-corrected chi connectivity index (χ2v) is 7.40. The molecule has 0 aliphatic carbocycles. The highest BCUT2D eigenvalue weighted by atomic mass is 16.5. The van der Waals surface area contributed by atoms with Gasteiger partial charge >= 0.3 is 0 Å². The fraction of sp³-hybridized carbons (Fsp3) is 0.650. The van der Waals surface area contributed by atoms with Gasteiger partial charge in [-0.3, -0.25) is 9.69 Å². The molecule has 1 N–H and O–H groups in total. The van der Waals surface area contributed by atoms with E-state index in [0.29, 0.717) is 6.54 Å². The monoisotopic (exact) mass is 346 g/mol. The van der Waals surface area contributed by atoms with E-state index in [2.05, 4.69) is 17.0 Å². The predicted octanol–water partition coefficient (Wildman–Crippen LogP) is 2.45. The molecule has 5 nitrogen and oxygen atoms in total. The van der Waals surface area contributed by atoms with Gasteiger partial charge in [0.05, 0.1) is 25.8 Å². The SMILES string of the molecule is COc1ccc(C2CCCN2C(=O)CN2CCCC(C(C)O)C2)cc1. The molecular weight excluding hydrogens is 316 g/mol. The first-order chi connectivity index (χ1) is 12.1. The molecule has 0 aromatic heterocycles. The second kappa shape index (κ2) is 8.19. The Bertz CT molecular complexity index is 573. The topological polar surface area (TPSA) is 53.0 Å². The van der Waals surface area contributed by atoms with Crippen LogP contribution in [-0.4, -0.2) is 60.2 Å². The summed E-state index contributed by atoms with van der Waals surface area (Å²) in [6, 6.07) is 8.25. The molecule has 5 heteroatoms. The Morgan fingerprint density at radius 2 is 1.96 bits per heavy atom. The Morgan fingerprint density at radius 1 is 1.24 bits per heavy atom. The number of amides is 1. The van der Waals surface area contributed by atoms with Gasteiger partial charge in [-0.1, -0.05) is 12.1 Å². The molecule has 1 amide bonds. The van der Waals surface area contributed by atoms with E-state index in [9.17, 15) is 9.90 Å². The van der Waals surface area contributed by atoms with Gasteiger partial charge in [0, 0.05) is 13.1 Å². The zero-order chi connectivity index (χ0) is 17.8. The zero-order valence-corrected chi connectivity index (χ0v) is 15.4. The first kappa shape index (κ1) is 18.2. The van der Waals surface area contributed by atoms with E-state index >= 15 is 0 Å². The third-order valence-electron chi connectivity index (χ3n) is 5.66. The molecule has 138 valence electrons. The van der Waals surface area contributed by atoms with Crippen molar-refractivity contribution < 1.29 is 14.6 Å². The van der Waals surface area contributed by atoms with Crippen LogP contribution in [0.4, 0.5) is 0 Å². The van der Waals surface area contributed by atoms with Crippen molar-refractivity contribution in [1.29, 1.82) is 0 Å². The van der Waals surface area contributed by atoms with Gasteiger partial charge in [-0.2, -0.15) is 0 Å². The highest BCUT2D eigenvalue weighted by Gasteiger charge is 2.32. The van der Waals surface area contributed by atoms with Crippen molar-refractivity contribution in [2.75, 3.05) is 33.3 Å². The summed E-state index contributed by atoms with van der Waals surface area (Å²) in [4.78, 5) is 17.1. The molecule has 2 fully saturated rings. The molecule has 1 aromatic carbocycles. The van der Waals surface area contributed by atoms with E-state index in [0.717, 1.165) is 51.1 Å². The van der Waals surface area contributed by atoms with Crippen molar-refractivity contribution in [3.63, 3.8) is 0 Å². The van der Waals surface area contributed by atoms with Crippen LogP contribution in [-0.2, 0) is 4.79 Å². The van der Waals surface area contributed by atoms with E-state index < -0.39 is 0 Å². The van der Waals surface area contributed by atoms with E-state index in [1.165, 1.54) is 5.56 Å². The molecule has 0 spiro atoms. The number of hydrogen-bond acceptors (Lipinski definition) is 4. The first-order valence-electron chi connectivity index (χ1n) is 9.42. The predicted molar refractivity (Wildman–Crippen MR) is 97.5 cm³/mol. The number of hydrogen-bond donors (Lipinski definition) is 1. The van der Waals surface area contributed by atoms with Gasteiger partial charge in [-0.25, -0.2) is 0 Å². The molecule has 0 saturated carbocycles. The van der Waals surface area contributed by atoms with Crippen molar-refractivity contribution in [2.24, 2.45) is 5.92 Å². The second-order valence-electron chi connectivity index (χ2n) is 7.40. The van der Waals surface area contributed by atoms with Crippen molar-refractivity contribution in [2.45, 2.75) is 44.8 Å². The van der Waals surface area contributed by atoms with Crippen molar-refractivity contribution in [1.82, 2.24) is 9.80 Å². The molecule has 1 aromatic rings. The molecule has 3 rings (SSSR count). The highest BCUT2D eigenvalue weighted by Crippen LogP contribution is 2.33. The Balaban J connectivity index is 1.62. The van der Waals surface area contributed by atoms with E-state index in [4.69, 9.17) is 4.74 Å². The third-order valence-corrected chi connectivity index (χ3v) is 5.66. The molecular formula is C20H30N2O3.